The summed E-state index contributed by atoms with van der Waals surface area (Å²) in [6, 6.07) is 11.3. The summed E-state index contributed by atoms with van der Waals surface area (Å²) in [6.45, 7) is 3.54. The van der Waals surface area contributed by atoms with Gasteiger partial charge in [-0.3, -0.25) is 4.21 Å². The summed E-state index contributed by atoms with van der Waals surface area (Å²) >= 11 is 0. The lowest BCUT2D eigenvalue weighted by Gasteiger charge is -1.91. The smallest absolute Gasteiger partial charge is 0.171 e. The van der Waals surface area contributed by atoms with E-state index in [1.54, 1.807) is 12.1 Å². The van der Waals surface area contributed by atoms with Crippen molar-refractivity contribution in [2.75, 3.05) is 5.75 Å². The van der Waals surface area contributed by atoms with Gasteiger partial charge in [0, 0.05) is 17.4 Å². The van der Waals surface area contributed by atoms with Crippen molar-refractivity contribution >= 4 is 10.8 Å². The molecule has 1 heterocycles. The van der Waals surface area contributed by atoms with E-state index in [2.05, 4.69) is 11.7 Å². The van der Waals surface area contributed by atoms with Crippen LogP contribution >= 0.6 is 0 Å². The lowest BCUT2D eigenvalue weighted by Crippen LogP contribution is -1.94. The number of rotatable bonds is 4. The number of aromatic nitrogens is 1. The van der Waals surface area contributed by atoms with Crippen molar-refractivity contribution in [1.29, 1.82) is 0 Å². The van der Waals surface area contributed by atoms with Gasteiger partial charge in [0.15, 0.2) is 10.8 Å². The average Bonchev–Trinajstić information content (AvgIpc) is 2.80. The van der Waals surface area contributed by atoms with Crippen LogP contribution in [0.1, 0.15) is 0 Å². The summed E-state index contributed by atoms with van der Waals surface area (Å²) in [5.41, 5.74) is 0.928. The molecule has 0 N–H and O–H groups in total. The molecule has 2 aromatic rings. The average molecular weight is 233 g/mol. The molecule has 1 aromatic carbocycles. The second-order valence-electron chi connectivity index (χ2n) is 3.20. The zero-order valence-corrected chi connectivity index (χ0v) is 9.44. The van der Waals surface area contributed by atoms with E-state index >= 15 is 0 Å². The highest BCUT2D eigenvalue weighted by atomic mass is 32.2. The fraction of sp³-hybridized carbons (Fsp3) is 0.0833. The Balaban J connectivity index is 2.26. The Morgan fingerprint density at radius 3 is 2.81 bits per heavy atom. The molecule has 0 radical (unpaired) electrons. The van der Waals surface area contributed by atoms with Crippen molar-refractivity contribution in [2.24, 2.45) is 0 Å². The summed E-state index contributed by atoms with van der Waals surface area (Å²) in [6.07, 6.45) is 1.60. The minimum absolute atomic E-state index is 0.390. The first-order valence-corrected chi connectivity index (χ1v) is 6.14. The highest BCUT2D eigenvalue weighted by Crippen LogP contribution is 2.21. The van der Waals surface area contributed by atoms with Crippen LogP contribution in [0, 0.1) is 0 Å². The van der Waals surface area contributed by atoms with Gasteiger partial charge in [0.2, 0.25) is 0 Å². The molecular formula is C12H11NO2S. The van der Waals surface area contributed by atoms with Crippen molar-refractivity contribution in [3.63, 3.8) is 0 Å². The molecule has 1 unspecified atom stereocenters. The largest absolute Gasteiger partial charge is 0.355 e. The predicted molar refractivity (Wildman–Crippen MR) is 63.4 cm³/mol. The number of nitrogens with zero attached hydrogens (tertiary/aromatic N) is 1. The first-order valence-electron chi connectivity index (χ1n) is 4.82. The first kappa shape index (κ1) is 10.8. The summed E-state index contributed by atoms with van der Waals surface area (Å²) in [4.78, 5) is 0. The van der Waals surface area contributed by atoms with Crippen LogP contribution in [-0.4, -0.2) is 15.1 Å². The molecule has 1 atom stereocenters. The molecular weight excluding hydrogens is 222 g/mol. The Kier molecular flexibility index (Phi) is 3.31. The van der Waals surface area contributed by atoms with Gasteiger partial charge in [-0.15, -0.1) is 6.58 Å². The van der Waals surface area contributed by atoms with Gasteiger partial charge < -0.3 is 4.52 Å². The molecule has 4 heteroatoms. The zero-order valence-electron chi connectivity index (χ0n) is 8.63. The molecule has 1 aromatic heterocycles. The SMILES string of the molecule is C=CCS(=O)c1cc(-c2ccccc2)on1. The van der Waals surface area contributed by atoms with E-state index in [0.717, 1.165) is 5.56 Å². The Bertz CT molecular complexity index is 505. The maximum absolute atomic E-state index is 11.6. The molecule has 0 fully saturated rings. The Morgan fingerprint density at radius 2 is 2.12 bits per heavy atom. The summed E-state index contributed by atoms with van der Waals surface area (Å²) in [5.74, 6) is 1.02. The highest BCUT2D eigenvalue weighted by Gasteiger charge is 2.10. The number of hydrogen-bond donors (Lipinski definition) is 0. The van der Waals surface area contributed by atoms with E-state index in [4.69, 9.17) is 4.52 Å². The Hall–Kier alpha value is -1.68. The molecule has 0 bridgehead atoms. The van der Waals surface area contributed by atoms with Crippen LogP contribution in [0.25, 0.3) is 11.3 Å². The van der Waals surface area contributed by atoms with Crippen LogP contribution in [0.2, 0.25) is 0 Å². The van der Waals surface area contributed by atoms with E-state index in [-0.39, 0.29) is 0 Å². The van der Waals surface area contributed by atoms with E-state index in [0.29, 0.717) is 16.5 Å². The number of hydrogen-bond acceptors (Lipinski definition) is 3. The van der Waals surface area contributed by atoms with E-state index in [1.807, 2.05) is 30.3 Å². The van der Waals surface area contributed by atoms with Crippen LogP contribution in [0.5, 0.6) is 0 Å². The van der Waals surface area contributed by atoms with Crippen LogP contribution < -0.4 is 0 Å². The van der Waals surface area contributed by atoms with Gasteiger partial charge in [-0.2, -0.15) is 0 Å². The highest BCUT2D eigenvalue weighted by molar-refractivity contribution is 7.85. The molecule has 0 spiro atoms. The fourth-order valence-corrected chi connectivity index (χ4v) is 2.04. The number of benzene rings is 1. The van der Waals surface area contributed by atoms with Crippen LogP contribution in [0.3, 0.4) is 0 Å². The molecule has 0 aliphatic rings. The summed E-state index contributed by atoms with van der Waals surface area (Å²) in [5, 5.41) is 4.25. The third-order valence-corrected chi connectivity index (χ3v) is 3.25. The van der Waals surface area contributed by atoms with E-state index < -0.39 is 10.8 Å². The minimum Gasteiger partial charge on any atom is -0.355 e. The van der Waals surface area contributed by atoms with Crippen LogP contribution in [0.4, 0.5) is 0 Å². The van der Waals surface area contributed by atoms with Gasteiger partial charge in [-0.05, 0) is 0 Å². The monoisotopic (exact) mass is 233 g/mol. The normalized spacial score (nSPS) is 12.2. The first-order chi connectivity index (χ1) is 7.81. The molecule has 0 aliphatic heterocycles. The Labute approximate surface area is 96.2 Å². The predicted octanol–water partition coefficient (Wildman–Crippen LogP) is 2.64. The van der Waals surface area contributed by atoms with Crippen molar-refractivity contribution in [3.8, 4) is 11.3 Å². The molecule has 82 valence electrons. The van der Waals surface area contributed by atoms with E-state index in [9.17, 15) is 4.21 Å². The standard InChI is InChI=1S/C12H11NO2S/c1-2-8-16(14)12-9-11(15-13-12)10-6-4-3-5-7-10/h2-7,9H,1,8H2. The maximum atomic E-state index is 11.6. The molecule has 3 nitrogen and oxygen atoms in total. The fourth-order valence-electron chi connectivity index (χ4n) is 1.30. The third kappa shape index (κ3) is 2.28. The minimum atomic E-state index is -1.16. The van der Waals surface area contributed by atoms with Crippen molar-refractivity contribution in [1.82, 2.24) is 5.16 Å². The van der Waals surface area contributed by atoms with Gasteiger partial charge in [-0.1, -0.05) is 41.6 Å². The van der Waals surface area contributed by atoms with Crippen molar-refractivity contribution in [2.45, 2.75) is 5.03 Å². The molecule has 16 heavy (non-hydrogen) atoms. The molecule has 0 saturated heterocycles. The summed E-state index contributed by atoms with van der Waals surface area (Å²) in [7, 11) is -1.16. The molecule has 0 aliphatic carbocycles. The lowest BCUT2D eigenvalue weighted by molar-refractivity contribution is 0.414. The summed E-state index contributed by atoms with van der Waals surface area (Å²) < 4.78 is 16.7. The van der Waals surface area contributed by atoms with Gasteiger partial charge in [0.1, 0.15) is 0 Å². The van der Waals surface area contributed by atoms with E-state index in [1.165, 1.54) is 0 Å². The second-order valence-corrected chi connectivity index (χ2v) is 4.64. The van der Waals surface area contributed by atoms with Crippen LogP contribution in [-0.2, 0) is 10.8 Å². The van der Waals surface area contributed by atoms with Gasteiger partial charge in [0.25, 0.3) is 0 Å². The van der Waals surface area contributed by atoms with Crippen molar-refractivity contribution < 1.29 is 8.73 Å². The third-order valence-electron chi connectivity index (χ3n) is 2.05. The topological polar surface area (TPSA) is 43.1 Å². The van der Waals surface area contributed by atoms with Gasteiger partial charge >= 0.3 is 0 Å². The van der Waals surface area contributed by atoms with Gasteiger partial charge in [0.05, 0.1) is 10.8 Å². The zero-order chi connectivity index (χ0) is 11.4. The van der Waals surface area contributed by atoms with Crippen molar-refractivity contribution in [3.05, 3.63) is 49.1 Å². The van der Waals surface area contributed by atoms with Crippen LogP contribution in [0.15, 0.2) is 58.6 Å². The quantitative estimate of drug-likeness (QED) is 0.762. The molecule has 2 rings (SSSR count). The van der Waals surface area contributed by atoms with Gasteiger partial charge in [-0.25, -0.2) is 0 Å². The molecule has 0 amide bonds. The maximum Gasteiger partial charge on any atom is 0.171 e. The Morgan fingerprint density at radius 1 is 1.38 bits per heavy atom. The second kappa shape index (κ2) is 4.90. The lowest BCUT2D eigenvalue weighted by atomic mass is 10.2. The molecule has 0 saturated carbocycles.